The molecule has 0 saturated heterocycles. The topological polar surface area (TPSA) is 72.4 Å². The van der Waals surface area contributed by atoms with Gasteiger partial charge in [-0.05, 0) is 7.05 Å². The number of likely N-dealkylation sites (N-methyl/N-ethyl adjacent to an activating group) is 2. The zero-order valence-corrected chi connectivity index (χ0v) is 10.0. The maximum Gasteiger partial charge on any atom is 0.324 e. The zero-order chi connectivity index (χ0) is 12.0. The summed E-state index contributed by atoms with van der Waals surface area (Å²) in [5.41, 5.74) is 0. The van der Waals surface area contributed by atoms with Gasteiger partial charge in [0.25, 0.3) is 0 Å². The first-order valence-corrected chi connectivity index (χ1v) is 4.91. The van der Waals surface area contributed by atoms with Crippen LogP contribution in [0.15, 0.2) is 0 Å². The van der Waals surface area contributed by atoms with Crippen LogP contribution in [0, 0.1) is 0 Å². The Balaban J connectivity index is 2.85. The van der Waals surface area contributed by atoms with Gasteiger partial charge in [0.15, 0.2) is 0 Å². The molecular formula is C9H17N5O2. The van der Waals surface area contributed by atoms with Crippen LogP contribution < -0.4 is 19.7 Å². The summed E-state index contributed by atoms with van der Waals surface area (Å²) in [5, 5.41) is 3.05. The largest absolute Gasteiger partial charge is 0.467 e. The predicted octanol–water partition coefficient (Wildman–Crippen LogP) is -0.456. The minimum Gasteiger partial charge on any atom is -0.467 e. The molecule has 1 N–H and O–H groups in total. The molecule has 0 saturated carbocycles. The van der Waals surface area contributed by atoms with Gasteiger partial charge in [-0.15, -0.1) is 4.98 Å². The summed E-state index contributed by atoms with van der Waals surface area (Å²) in [7, 11) is 6.80. The normalized spacial score (nSPS) is 10.0. The van der Waals surface area contributed by atoms with E-state index >= 15 is 0 Å². The lowest BCUT2D eigenvalue weighted by Gasteiger charge is -2.17. The third-order valence-corrected chi connectivity index (χ3v) is 1.99. The van der Waals surface area contributed by atoms with Crippen molar-refractivity contribution in [2.24, 2.45) is 0 Å². The Hall–Kier alpha value is -1.63. The van der Waals surface area contributed by atoms with Crippen LogP contribution in [0.4, 0.5) is 5.95 Å². The van der Waals surface area contributed by atoms with Crippen molar-refractivity contribution < 1.29 is 9.47 Å². The van der Waals surface area contributed by atoms with Gasteiger partial charge in [0.1, 0.15) is 0 Å². The highest BCUT2D eigenvalue weighted by Crippen LogP contribution is 2.14. The average molecular weight is 227 g/mol. The van der Waals surface area contributed by atoms with E-state index in [4.69, 9.17) is 9.47 Å². The summed E-state index contributed by atoms with van der Waals surface area (Å²) in [6.07, 6.45) is 0. The Kier molecular flexibility index (Phi) is 4.71. The highest BCUT2D eigenvalue weighted by Gasteiger charge is 2.10. The third kappa shape index (κ3) is 3.20. The number of nitrogens with one attached hydrogen (secondary N) is 1. The van der Waals surface area contributed by atoms with Gasteiger partial charge < -0.3 is 19.7 Å². The van der Waals surface area contributed by atoms with Crippen LogP contribution in [0.1, 0.15) is 0 Å². The van der Waals surface area contributed by atoms with Crippen molar-refractivity contribution in [2.75, 3.05) is 46.3 Å². The van der Waals surface area contributed by atoms with Crippen molar-refractivity contribution in [3.8, 4) is 12.0 Å². The van der Waals surface area contributed by atoms with Crippen molar-refractivity contribution in [2.45, 2.75) is 0 Å². The number of methoxy groups -OCH3 is 2. The fourth-order valence-electron chi connectivity index (χ4n) is 1.06. The summed E-state index contributed by atoms with van der Waals surface area (Å²) < 4.78 is 9.93. The molecule has 0 amide bonds. The van der Waals surface area contributed by atoms with Crippen molar-refractivity contribution in [1.82, 2.24) is 20.3 Å². The number of ether oxygens (including phenoxy) is 2. The van der Waals surface area contributed by atoms with Crippen LogP contribution in [0.3, 0.4) is 0 Å². The van der Waals surface area contributed by atoms with Crippen molar-refractivity contribution in [1.29, 1.82) is 0 Å². The standard InChI is InChI=1S/C9H17N5O2/c1-10-5-6-14(2)7-11-8(15-3)13-9(12-7)16-4/h10H,5-6H2,1-4H3. The van der Waals surface area contributed by atoms with E-state index in [1.165, 1.54) is 14.2 Å². The Morgan fingerprint density at radius 1 is 1.12 bits per heavy atom. The van der Waals surface area contributed by atoms with Crippen molar-refractivity contribution in [3.05, 3.63) is 0 Å². The van der Waals surface area contributed by atoms with Gasteiger partial charge in [0.05, 0.1) is 14.2 Å². The molecule has 16 heavy (non-hydrogen) atoms. The van der Waals surface area contributed by atoms with Crippen LogP contribution in [0.5, 0.6) is 12.0 Å². The molecule has 7 nitrogen and oxygen atoms in total. The SMILES string of the molecule is CNCCN(C)c1nc(OC)nc(OC)n1. The van der Waals surface area contributed by atoms with Crippen molar-refractivity contribution in [3.63, 3.8) is 0 Å². The fourth-order valence-corrected chi connectivity index (χ4v) is 1.06. The molecule has 1 rings (SSSR count). The Morgan fingerprint density at radius 2 is 1.69 bits per heavy atom. The van der Waals surface area contributed by atoms with E-state index in [1.807, 2.05) is 19.0 Å². The number of hydrogen-bond acceptors (Lipinski definition) is 7. The van der Waals surface area contributed by atoms with Crippen LogP contribution in [0.25, 0.3) is 0 Å². The smallest absolute Gasteiger partial charge is 0.324 e. The number of rotatable bonds is 6. The first-order valence-electron chi connectivity index (χ1n) is 4.91. The van der Waals surface area contributed by atoms with Gasteiger partial charge in [-0.25, -0.2) is 0 Å². The minimum absolute atomic E-state index is 0.248. The number of nitrogens with zero attached hydrogens (tertiary/aromatic N) is 4. The molecule has 0 aliphatic rings. The Bertz CT molecular complexity index is 311. The molecule has 0 aromatic carbocycles. The lowest BCUT2D eigenvalue weighted by atomic mass is 10.5. The molecule has 0 spiro atoms. The molecule has 1 aromatic heterocycles. The predicted molar refractivity (Wildman–Crippen MR) is 60.1 cm³/mol. The van der Waals surface area contributed by atoms with E-state index in [2.05, 4.69) is 20.3 Å². The number of hydrogen-bond donors (Lipinski definition) is 1. The van der Waals surface area contributed by atoms with E-state index in [9.17, 15) is 0 Å². The molecule has 90 valence electrons. The highest BCUT2D eigenvalue weighted by atomic mass is 16.5. The molecule has 0 unspecified atom stereocenters. The summed E-state index contributed by atoms with van der Waals surface area (Å²) in [4.78, 5) is 14.1. The molecule has 1 heterocycles. The van der Waals surface area contributed by atoms with Crippen LogP contribution in [-0.4, -0.2) is 56.4 Å². The highest BCUT2D eigenvalue weighted by molar-refractivity contribution is 5.30. The molecular weight excluding hydrogens is 210 g/mol. The molecule has 0 aliphatic carbocycles. The maximum absolute atomic E-state index is 4.97. The van der Waals surface area contributed by atoms with Gasteiger partial charge in [0.2, 0.25) is 5.95 Å². The lowest BCUT2D eigenvalue weighted by Crippen LogP contribution is -2.28. The van der Waals surface area contributed by atoms with Crippen LogP contribution >= 0.6 is 0 Å². The average Bonchev–Trinajstić information content (AvgIpc) is 2.35. The van der Waals surface area contributed by atoms with Gasteiger partial charge >= 0.3 is 12.0 Å². The van der Waals surface area contributed by atoms with Crippen LogP contribution in [0.2, 0.25) is 0 Å². The van der Waals surface area contributed by atoms with E-state index in [1.54, 1.807) is 0 Å². The molecule has 0 bridgehead atoms. The quantitative estimate of drug-likeness (QED) is 0.705. The van der Waals surface area contributed by atoms with Gasteiger partial charge in [0, 0.05) is 20.1 Å². The third-order valence-electron chi connectivity index (χ3n) is 1.99. The first-order chi connectivity index (χ1) is 7.71. The molecule has 0 atom stereocenters. The second-order valence-electron chi connectivity index (χ2n) is 3.13. The lowest BCUT2D eigenvalue weighted by molar-refractivity contribution is 0.340. The maximum atomic E-state index is 4.97. The Labute approximate surface area is 94.8 Å². The second kappa shape index (κ2) is 6.06. The summed E-state index contributed by atoms with van der Waals surface area (Å²) >= 11 is 0. The first kappa shape index (κ1) is 12.4. The van der Waals surface area contributed by atoms with E-state index < -0.39 is 0 Å². The molecule has 0 aliphatic heterocycles. The monoisotopic (exact) mass is 227 g/mol. The molecule has 0 fully saturated rings. The number of aromatic nitrogens is 3. The van der Waals surface area contributed by atoms with Crippen molar-refractivity contribution >= 4 is 5.95 Å². The van der Waals surface area contributed by atoms with Crippen LogP contribution in [-0.2, 0) is 0 Å². The summed E-state index contributed by atoms with van der Waals surface area (Å²) in [6, 6.07) is 0.497. The molecule has 7 heteroatoms. The number of anilines is 1. The van der Waals surface area contributed by atoms with Gasteiger partial charge in [-0.2, -0.15) is 9.97 Å². The fraction of sp³-hybridized carbons (Fsp3) is 0.667. The van der Waals surface area contributed by atoms with Gasteiger partial charge in [-0.3, -0.25) is 0 Å². The molecule has 0 radical (unpaired) electrons. The minimum atomic E-state index is 0.248. The zero-order valence-electron chi connectivity index (χ0n) is 10.0. The van der Waals surface area contributed by atoms with Gasteiger partial charge in [-0.1, -0.05) is 0 Å². The molecule has 1 aromatic rings. The summed E-state index contributed by atoms with van der Waals surface area (Å²) in [5.74, 6) is 0.527. The van der Waals surface area contributed by atoms with E-state index in [-0.39, 0.29) is 12.0 Å². The van der Waals surface area contributed by atoms with E-state index in [0.29, 0.717) is 5.95 Å². The Morgan fingerprint density at radius 3 is 2.12 bits per heavy atom. The van der Waals surface area contributed by atoms with E-state index in [0.717, 1.165) is 13.1 Å². The second-order valence-corrected chi connectivity index (χ2v) is 3.13. The summed E-state index contributed by atoms with van der Waals surface area (Å²) in [6.45, 7) is 1.62.